The van der Waals surface area contributed by atoms with E-state index in [-0.39, 0.29) is 0 Å². The molecular weight excluding hydrogens is 246 g/mol. The normalized spacial score (nSPS) is 13.9. The van der Waals surface area contributed by atoms with E-state index in [0.717, 1.165) is 25.3 Å². The maximum atomic E-state index is 5.81. The van der Waals surface area contributed by atoms with E-state index in [9.17, 15) is 0 Å². The molecule has 1 aromatic carbocycles. The standard InChI is InChI=1S/C18H31NO/c1-4-6-13-18(5-2,16-19-3)14-10-15-20-17-11-8-7-9-12-17/h7-9,11-12,19H,4-6,10,13-16H2,1-3H3. The molecule has 0 fully saturated rings. The van der Waals surface area contributed by atoms with Gasteiger partial charge in [-0.2, -0.15) is 0 Å². The summed E-state index contributed by atoms with van der Waals surface area (Å²) in [5, 5.41) is 3.39. The summed E-state index contributed by atoms with van der Waals surface area (Å²) in [4.78, 5) is 0. The summed E-state index contributed by atoms with van der Waals surface area (Å²) >= 11 is 0. The van der Waals surface area contributed by atoms with Gasteiger partial charge in [0.1, 0.15) is 5.75 Å². The van der Waals surface area contributed by atoms with Gasteiger partial charge in [-0.25, -0.2) is 0 Å². The minimum atomic E-state index is 0.449. The number of hydrogen-bond acceptors (Lipinski definition) is 2. The van der Waals surface area contributed by atoms with Crippen LogP contribution in [0.1, 0.15) is 52.4 Å². The molecule has 1 atom stereocenters. The smallest absolute Gasteiger partial charge is 0.119 e. The Balaban J connectivity index is 2.37. The zero-order valence-electron chi connectivity index (χ0n) is 13.5. The van der Waals surface area contributed by atoms with Gasteiger partial charge in [0.25, 0.3) is 0 Å². The van der Waals surface area contributed by atoms with E-state index in [1.807, 2.05) is 30.3 Å². The van der Waals surface area contributed by atoms with Crippen molar-refractivity contribution in [3.8, 4) is 5.75 Å². The minimum Gasteiger partial charge on any atom is -0.494 e. The summed E-state index contributed by atoms with van der Waals surface area (Å²) in [5.41, 5.74) is 0.449. The van der Waals surface area contributed by atoms with Crippen LogP contribution in [0.25, 0.3) is 0 Å². The van der Waals surface area contributed by atoms with Crippen molar-refractivity contribution in [2.75, 3.05) is 20.2 Å². The Morgan fingerprint density at radius 1 is 1.05 bits per heavy atom. The number of benzene rings is 1. The van der Waals surface area contributed by atoms with Gasteiger partial charge in [-0.3, -0.25) is 0 Å². The molecule has 0 aliphatic rings. The molecule has 20 heavy (non-hydrogen) atoms. The first-order valence-corrected chi connectivity index (χ1v) is 8.09. The third-order valence-electron chi connectivity index (χ3n) is 4.23. The Kier molecular flexibility index (Phi) is 8.36. The molecule has 1 rings (SSSR count). The number of nitrogens with one attached hydrogen (secondary N) is 1. The molecule has 0 aliphatic heterocycles. The van der Waals surface area contributed by atoms with E-state index in [1.54, 1.807) is 0 Å². The lowest BCUT2D eigenvalue weighted by Gasteiger charge is -2.33. The van der Waals surface area contributed by atoms with Crippen LogP contribution < -0.4 is 10.1 Å². The van der Waals surface area contributed by atoms with Crippen molar-refractivity contribution in [3.63, 3.8) is 0 Å². The van der Waals surface area contributed by atoms with Crippen LogP contribution in [-0.2, 0) is 0 Å². The molecule has 0 spiro atoms. The Bertz CT molecular complexity index is 339. The summed E-state index contributed by atoms with van der Waals surface area (Å²) < 4.78 is 5.81. The summed E-state index contributed by atoms with van der Waals surface area (Å²) in [5.74, 6) is 0.983. The Labute approximate surface area is 124 Å². The van der Waals surface area contributed by atoms with Gasteiger partial charge >= 0.3 is 0 Å². The predicted molar refractivity (Wildman–Crippen MR) is 87.3 cm³/mol. The van der Waals surface area contributed by atoms with Gasteiger partial charge in [0, 0.05) is 6.54 Å². The number of ether oxygens (including phenoxy) is 1. The molecule has 1 aromatic rings. The third kappa shape index (κ3) is 5.96. The topological polar surface area (TPSA) is 21.3 Å². The van der Waals surface area contributed by atoms with Gasteiger partial charge in [-0.1, -0.05) is 44.9 Å². The number of rotatable bonds is 11. The maximum absolute atomic E-state index is 5.81. The fraction of sp³-hybridized carbons (Fsp3) is 0.667. The van der Waals surface area contributed by atoms with Crippen LogP contribution in [0.4, 0.5) is 0 Å². The van der Waals surface area contributed by atoms with E-state index < -0.39 is 0 Å². The third-order valence-corrected chi connectivity index (χ3v) is 4.23. The molecule has 2 heteroatoms. The summed E-state index contributed by atoms with van der Waals surface area (Å²) in [6, 6.07) is 10.1. The summed E-state index contributed by atoms with van der Waals surface area (Å²) in [6.07, 6.45) is 7.57. The van der Waals surface area contributed by atoms with E-state index in [0.29, 0.717) is 5.41 Å². The van der Waals surface area contributed by atoms with E-state index in [2.05, 4.69) is 26.2 Å². The van der Waals surface area contributed by atoms with Gasteiger partial charge in [0.15, 0.2) is 0 Å². The molecule has 0 aromatic heterocycles. The van der Waals surface area contributed by atoms with Crippen molar-refractivity contribution >= 4 is 0 Å². The van der Waals surface area contributed by atoms with Crippen LogP contribution in [0, 0.1) is 5.41 Å². The second kappa shape index (κ2) is 9.82. The SMILES string of the molecule is CCCCC(CC)(CCCOc1ccccc1)CNC. The molecule has 0 saturated heterocycles. The second-order valence-electron chi connectivity index (χ2n) is 5.75. The highest BCUT2D eigenvalue weighted by molar-refractivity contribution is 5.20. The first kappa shape index (κ1) is 17.0. The van der Waals surface area contributed by atoms with Gasteiger partial charge in [-0.05, 0) is 50.3 Å². The van der Waals surface area contributed by atoms with Crippen molar-refractivity contribution in [2.24, 2.45) is 5.41 Å². The highest BCUT2D eigenvalue weighted by Crippen LogP contribution is 2.33. The van der Waals surface area contributed by atoms with Crippen LogP contribution in [0.15, 0.2) is 30.3 Å². The van der Waals surface area contributed by atoms with Crippen LogP contribution in [0.5, 0.6) is 5.75 Å². The highest BCUT2D eigenvalue weighted by Gasteiger charge is 2.26. The molecule has 0 saturated carbocycles. The number of hydrogen-bond donors (Lipinski definition) is 1. The van der Waals surface area contributed by atoms with Gasteiger partial charge in [0.2, 0.25) is 0 Å². The van der Waals surface area contributed by atoms with E-state index in [1.165, 1.54) is 32.1 Å². The van der Waals surface area contributed by atoms with Crippen molar-refractivity contribution in [1.82, 2.24) is 5.32 Å². The monoisotopic (exact) mass is 277 g/mol. The van der Waals surface area contributed by atoms with Crippen LogP contribution >= 0.6 is 0 Å². The molecule has 0 aliphatic carbocycles. The minimum absolute atomic E-state index is 0.449. The van der Waals surface area contributed by atoms with Gasteiger partial charge in [-0.15, -0.1) is 0 Å². The van der Waals surface area contributed by atoms with Crippen molar-refractivity contribution < 1.29 is 4.74 Å². The number of para-hydroxylation sites is 1. The Morgan fingerprint density at radius 3 is 2.35 bits per heavy atom. The van der Waals surface area contributed by atoms with Crippen molar-refractivity contribution in [2.45, 2.75) is 52.4 Å². The zero-order chi connectivity index (χ0) is 14.7. The fourth-order valence-corrected chi connectivity index (χ4v) is 2.86. The molecule has 0 radical (unpaired) electrons. The van der Waals surface area contributed by atoms with Gasteiger partial charge in [0.05, 0.1) is 6.61 Å². The number of unbranched alkanes of at least 4 members (excludes halogenated alkanes) is 1. The van der Waals surface area contributed by atoms with Crippen LogP contribution in [0.2, 0.25) is 0 Å². The first-order chi connectivity index (χ1) is 9.76. The highest BCUT2D eigenvalue weighted by atomic mass is 16.5. The largest absolute Gasteiger partial charge is 0.494 e. The summed E-state index contributed by atoms with van der Waals surface area (Å²) in [6.45, 7) is 6.54. The molecule has 2 nitrogen and oxygen atoms in total. The first-order valence-electron chi connectivity index (χ1n) is 8.09. The van der Waals surface area contributed by atoms with E-state index >= 15 is 0 Å². The zero-order valence-corrected chi connectivity index (χ0v) is 13.5. The fourth-order valence-electron chi connectivity index (χ4n) is 2.86. The molecule has 0 amide bonds. The molecule has 1 unspecified atom stereocenters. The Morgan fingerprint density at radius 2 is 1.75 bits per heavy atom. The molecule has 0 heterocycles. The van der Waals surface area contributed by atoms with Crippen LogP contribution in [-0.4, -0.2) is 20.2 Å². The molecule has 1 N–H and O–H groups in total. The van der Waals surface area contributed by atoms with Crippen molar-refractivity contribution in [1.29, 1.82) is 0 Å². The lowest BCUT2D eigenvalue weighted by molar-refractivity contribution is 0.190. The second-order valence-corrected chi connectivity index (χ2v) is 5.75. The molecular formula is C18H31NO. The van der Waals surface area contributed by atoms with E-state index in [4.69, 9.17) is 4.74 Å². The van der Waals surface area contributed by atoms with Crippen LogP contribution in [0.3, 0.4) is 0 Å². The lowest BCUT2D eigenvalue weighted by atomic mass is 9.76. The average molecular weight is 277 g/mol. The average Bonchev–Trinajstić information content (AvgIpc) is 2.50. The lowest BCUT2D eigenvalue weighted by Crippen LogP contribution is -2.32. The maximum Gasteiger partial charge on any atom is 0.119 e. The van der Waals surface area contributed by atoms with Gasteiger partial charge < -0.3 is 10.1 Å². The van der Waals surface area contributed by atoms with Crippen molar-refractivity contribution in [3.05, 3.63) is 30.3 Å². The predicted octanol–water partition coefficient (Wildman–Crippen LogP) is 4.65. The Hall–Kier alpha value is -1.02. The molecule has 114 valence electrons. The quantitative estimate of drug-likeness (QED) is 0.594. The molecule has 0 bridgehead atoms. The summed E-state index contributed by atoms with van der Waals surface area (Å²) in [7, 11) is 2.07.